The lowest BCUT2D eigenvalue weighted by atomic mass is 10.5. The molecule has 0 aromatic carbocycles. The molecule has 0 saturated heterocycles. The second-order valence-electron chi connectivity index (χ2n) is 1.66. The molecule has 1 aromatic heterocycles. The summed E-state index contributed by atoms with van der Waals surface area (Å²) < 4.78 is 0.717. The van der Waals surface area contributed by atoms with Crippen LogP contribution in [0, 0.1) is 6.92 Å². The van der Waals surface area contributed by atoms with E-state index in [0.717, 1.165) is 5.69 Å². The Bertz CT molecular complexity index is 225. The van der Waals surface area contributed by atoms with E-state index in [1.165, 1.54) is 0 Å². The van der Waals surface area contributed by atoms with E-state index in [1.54, 1.807) is 6.20 Å². The number of nitrogens with two attached hydrogens (primary N) is 1. The third-order valence-corrected chi connectivity index (χ3v) is 1.34. The maximum Gasteiger partial charge on any atom is 0.144 e. The molecule has 0 saturated carbocycles. The zero-order chi connectivity index (χ0) is 8.85. The Labute approximate surface area is 75.2 Å². The zero-order valence-corrected chi connectivity index (χ0v) is 8.51. The number of anilines is 1. The minimum Gasteiger partial charge on any atom is -0.382 e. The largest absolute Gasteiger partial charge is 0.382 e. The molecule has 0 fully saturated rings. The fraction of sp³-hybridized carbons (Fsp3) is 0.429. The lowest BCUT2D eigenvalue weighted by molar-refractivity contribution is 1.10. The number of rotatable bonds is 0. The SMILES string of the molecule is CC.Cc1nc(Br)cnc1N. The van der Waals surface area contributed by atoms with Gasteiger partial charge in [0, 0.05) is 0 Å². The quantitative estimate of drug-likeness (QED) is 0.725. The summed E-state index contributed by atoms with van der Waals surface area (Å²) in [4.78, 5) is 7.85. The van der Waals surface area contributed by atoms with Crippen molar-refractivity contribution in [1.82, 2.24) is 9.97 Å². The van der Waals surface area contributed by atoms with Crippen molar-refractivity contribution < 1.29 is 0 Å². The van der Waals surface area contributed by atoms with Gasteiger partial charge in [-0.2, -0.15) is 0 Å². The smallest absolute Gasteiger partial charge is 0.144 e. The van der Waals surface area contributed by atoms with Crippen LogP contribution in [0.5, 0.6) is 0 Å². The lowest BCUT2D eigenvalue weighted by Gasteiger charge is -1.95. The first-order valence-corrected chi connectivity index (χ1v) is 4.24. The molecule has 0 aliphatic carbocycles. The molecule has 1 heterocycles. The Hall–Kier alpha value is -0.640. The standard InChI is InChI=1S/C5H6BrN3.C2H6/c1-3-5(7)8-2-4(6)9-3;1-2/h2H,1H3,(H2,7,8);1-2H3. The Morgan fingerprint density at radius 2 is 2.00 bits per heavy atom. The molecule has 0 bridgehead atoms. The number of aromatic nitrogens is 2. The van der Waals surface area contributed by atoms with Crippen LogP contribution < -0.4 is 5.73 Å². The third kappa shape index (κ3) is 3.32. The first-order chi connectivity index (χ1) is 5.20. The van der Waals surface area contributed by atoms with Crippen molar-refractivity contribution in [3.8, 4) is 0 Å². The first-order valence-electron chi connectivity index (χ1n) is 3.45. The van der Waals surface area contributed by atoms with Gasteiger partial charge in [-0.05, 0) is 22.9 Å². The van der Waals surface area contributed by atoms with Crippen LogP contribution in [0.3, 0.4) is 0 Å². The molecule has 1 rings (SSSR count). The highest BCUT2D eigenvalue weighted by Crippen LogP contribution is 2.07. The van der Waals surface area contributed by atoms with E-state index >= 15 is 0 Å². The summed E-state index contributed by atoms with van der Waals surface area (Å²) in [5.41, 5.74) is 6.15. The van der Waals surface area contributed by atoms with Crippen LogP contribution in [-0.2, 0) is 0 Å². The van der Waals surface area contributed by atoms with Gasteiger partial charge in [0.05, 0.1) is 11.9 Å². The number of hydrogen-bond donors (Lipinski definition) is 1. The molecule has 0 aliphatic rings. The first kappa shape index (κ1) is 10.4. The summed E-state index contributed by atoms with van der Waals surface area (Å²) in [5.74, 6) is 0.484. The molecule has 62 valence electrons. The van der Waals surface area contributed by atoms with Gasteiger partial charge in [0.1, 0.15) is 10.4 Å². The van der Waals surface area contributed by atoms with E-state index in [0.29, 0.717) is 10.4 Å². The van der Waals surface area contributed by atoms with Crippen LogP contribution in [0.1, 0.15) is 19.5 Å². The normalized spacial score (nSPS) is 8.36. The van der Waals surface area contributed by atoms with Gasteiger partial charge < -0.3 is 5.73 Å². The average molecular weight is 218 g/mol. The highest BCUT2D eigenvalue weighted by atomic mass is 79.9. The van der Waals surface area contributed by atoms with Crippen molar-refractivity contribution in [2.45, 2.75) is 20.8 Å². The summed E-state index contributed by atoms with van der Waals surface area (Å²) in [6.07, 6.45) is 1.57. The van der Waals surface area contributed by atoms with Crippen molar-refractivity contribution in [2.75, 3.05) is 5.73 Å². The number of aryl methyl sites for hydroxylation is 1. The zero-order valence-electron chi connectivity index (χ0n) is 6.93. The molecule has 1 aromatic rings. The van der Waals surface area contributed by atoms with E-state index < -0.39 is 0 Å². The Balaban J connectivity index is 0.000000461. The van der Waals surface area contributed by atoms with Crippen LogP contribution in [0.25, 0.3) is 0 Å². The maximum atomic E-state index is 5.39. The van der Waals surface area contributed by atoms with Crippen molar-refractivity contribution >= 4 is 21.7 Å². The van der Waals surface area contributed by atoms with Gasteiger partial charge in [0.2, 0.25) is 0 Å². The molecule has 0 atom stereocenters. The van der Waals surface area contributed by atoms with E-state index in [9.17, 15) is 0 Å². The molecular weight excluding hydrogens is 206 g/mol. The van der Waals surface area contributed by atoms with E-state index in [1.807, 2.05) is 20.8 Å². The van der Waals surface area contributed by atoms with E-state index in [4.69, 9.17) is 5.73 Å². The lowest BCUT2D eigenvalue weighted by Crippen LogP contribution is -1.95. The van der Waals surface area contributed by atoms with Crippen LogP contribution >= 0.6 is 15.9 Å². The van der Waals surface area contributed by atoms with E-state index in [2.05, 4.69) is 25.9 Å². The minimum atomic E-state index is 0.484. The Kier molecular flexibility index (Phi) is 4.77. The van der Waals surface area contributed by atoms with Crippen LogP contribution in [0.4, 0.5) is 5.82 Å². The summed E-state index contributed by atoms with van der Waals surface area (Å²) in [5, 5.41) is 0. The summed E-state index contributed by atoms with van der Waals surface area (Å²) in [6.45, 7) is 5.81. The van der Waals surface area contributed by atoms with Gasteiger partial charge in [-0.15, -0.1) is 0 Å². The summed E-state index contributed by atoms with van der Waals surface area (Å²) >= 11 is 3.17. The van der Waals surface area contributed by atoms with Crippen molar-refractivity contribution in [3.63, 3.8) is 0 Å². The highest BCUT2D eigenvalue weighted by Gasteiger charge is 1.94. The van der Waals surface area contributed by atoms with Crippen LogP contribution in [0.15, 0.2) is 10.8 Å². The number of halogens is 1. The van der Waals surface area contributed by atoms with Gasteiger partial charge in [-0.3, -0.25) is 0 Å². The topological polar surface area (TPSA) is 51.8 Å². The molecule has 3 nitrogen and oxygen atoms in total. The number of nitrogens with zero attached hydrogens (tertiary/aromatic N) is 2. The Morgan fingerprint density at radius 3 is 2.36 bits per heavy atom. The predicted octanol–water partition coefficient (Wildman–Crippen LogP) is 2.16. The molecule has 0 radical (unpaired) electrons. The molecule has 0 aliphatic heterocycles. The maximum absolute atomic E-state index is 5.39. The second-order valence-corrected chi connectivity index (χ2v) is 2.48. The predicted molar refractivity (Wildman–Crippen MR) is 50.2 cm³/mol. The Morgan fingerprint density at radius 1 is 1.45 bits per heavy atom. The van der Waals surface area contributed by atoms with Gasteiger partial charge in [-0.1, -0.05) is 13.8 Å². The fourth-order valence-corrected chi connectivity index (χ4v) is 0.831. The minimum absolute atomic E-state index is 0.484. The van der Waals surface area contributed by atoms with Crippen molar-refractivity contribution in [2.24, 2.45) is 0 Å². The highest BCUT2D eigenvalue weighted by molar-refractivity contribution is 9.10. The fourth-order valence-electron chi connectivity index (χ4n) is 0.463. The van der Waals surface area contributed by atoms with Crippen molar-refractivity contribution in [3.05, 3.63) is 16.5 Å². The molecule has 4 heteroatoms. The molecule has 0 amide bonds. The molecule has 0 spiro atoms. The number of nitrogen functional groups attached to an aromatic ring is 1. The van der Waals surface area contributed by atoms with Crippen LogP contribution in [-0.4, -0.2) is 9.97 Å². The second kappa shape index (κ2) is 5.07. The molecule has 0 unspecified atom stereocenters. The summed E-state index contributed by atoms with van der Waals surface area (Å²) in [6, 6.07) is 0. The average Bonchev–Trinajstić information content (AvgIpc) is 2.02. The van der Waals surface area contributed by atoms with Crippen LogP contribution in [0.2, 0.25) is 0 Å². The van der Waals surface area contributed by atoms with Gasteiger partial charge in [0.25, 0.3) is 0 Å². The third-order valence-electron chi connectivity index (χ3n) is 0.955. The van der Waals surface area contributed by atoms with Gasteiger partial charge in [-0.25, -0.2) is 9.97 Å². The van der Waals surface area contributed by atoms with Crippen molar-refractivity contribution in [1.29, 1.82) is 0 Å². The van der Waals surface area contributed by atoms with E-state index in [-0.39, 0.29) is 0 Å². The monoisotopic (exact) mass is 217 g/mol. The molecular formula is C7H12BrN3. The number of hydrogen-bond acceptors (Lipinski definition) is 3. The molecule has 2 N–H and O–H groups in total. The van der Waals surface area contributed by atoms with Gasteiger partial charge >= 0.3 is 0 Å². The van der Waals surface area contributed by atoms with Gasteiger partial charge in [0.15, 0.2) is 0 Å². The summed E-state index contributed by atoms with van der Waals surface area (Å²) in [7, 11) is 0. The molecule has 11 heavy (non-hydrogen) atoms.